The fourth-order valence-electron chi connectivity index (χ4n) is 3.32. The van der Waals surface area contributed by atoms with Crippen molar-refractivity contribution in [2.75, 3.05) is 18.1 Å². The number of nitrogens with zero attached hydrogens (tertiary/aromatic N) is 3. The number of anilines is 1. The Morgan fingerprint density at radius 3 is 2.59 bits per heavy atom. The lowest BCUT2D eigenvalue weighted by atomic mass is 10.2. The van der Waals surface area contributed by atoms with Crippen molar-refractivity contribution < 1.29 is 17.9 Å². The maximum atomic E-state index is 13.8. The van der Waals surface area contributed by atoms with Crippen LogP contribution in [0.25, 0.3) is 11.1 Å². The SMILES string of the molecule is Fc1cc(F)c(COCC2CC(S)CN2c2ncc(-c3ccsc3)cn2)cc1F. The van der Waals surface area contributed by atoms with Gasteiger partial charge in [0.25, 0.3) is 0 Å². The van der Waals surface area contributed by atoms with Gasteiger partial charge in [-0.05, 0) is 34.9 Å². The summed E-state index contributed by atoms with van der Waals surface area (Å²) in [6.07, 6.45) is 4.31. The summed E-state index contributed by atoms with van der Waals surface area (Å²) in [5, 5.41) is 4.16. The number of thiol groups is 1. The van der Waals surface area contributed by atoms with E-state index in [2.05, 4.69) is 22.6 Å². The van der Waals surface area contributed by atoms with Gasteiger partial charge in [-0.1, -0.05) is 0 Å². The molecule has 2 atom stereocenters. The molecule has 2 aromatic heterocycles. The van der Waals surface area contributed by atoms with Crippen molar-refractivity contribution in [1.29, 1.82) is 0 Å². The van der Waals surface area contributed by atoms with Crippen molar-refractivity contribution in [2.24, 2.45) is 0 Å². The third-order valence-corrected chi connectivity index (χ3v) is 5.86. The van der Waals surface area contributed by atoms with E-state index in [1.165, 1.54) is 0 Å². The zero-order chi connectivity index (χ0) is 20.4. The molecule has 3 aromatic rings. The summed E-state index contributed by atoms with van der Waals surface area (Å²) in [4.78, 5) is 11.0. The molecule has 0 saturated carbocycles. The Hall–Kier alpha value is -2.10. The van der Waals surface area contributed by atoms with Gasteiger partial charge in [-0.2, -0.15) is 24.0 Å². The minimum Gasteiger partial charge on any atom is -0.375 e. The Morgan fingerprint density at radius 2 is 1.86 bits per heavy atom. The molecule has 2 unspecified atom stereocenters. The minimum absolute atomic E-state index is 0.0211. The second-order valence-corrected chi connectivity index (χ2v) is 8.36. The van der Waals surface area contributed by atoms with Crippen LogP contribution in [0.1, 0.15) is 12.0 Å². The van der Waals surface area contributed by atoms with Crippen LogP contribution in [0.3, 0.4) is 0 Å². The number of halogens is 3. The summed E-state index contributed by atoms with van der Waals surface area (Å²) < 4.78 is 45.7. The highest BCUT2D eigenvalue weighted by atomic mass is 32.1. The van der Waals surface area contributed by atoms with Gasteiger partial charge in [-0.15, -0.1) is 0 Å². The van der Waals surface area contributed by atoms with Gasteiger partial charge in [0.05, 0.1) is 19.3 Å². The lowest BCUT2D eigenvalue weighted by molar-refractivity contribution is 0.106. The van der Waals surface area contributed by atoms with Crippen LogP contribution in [0.2, 0.25) is 0 Å². The van der Waals surface area contributed by atoms with E-state index in [1.807, 2.05) is 21.7 Å². The second kappa shape index (κ2) is 8.73. The lowest BCUT2D eigenvalue weighted by Crippen LogP contribution is -2.34. The molecule has 0 N–H and O–H groups in total. The van der Waals surface area contributed by atoms with E-state index in [4.69, 9.17) is 4.74 Å². The number of ether oxygens (including phenoxy) is 1. The summed E-state index contributed by atoms with van der Waals surface area (Å²) in [6.45, 7) is 0.780. The summed E-state index contributed by atoms with van der Waals surface area (Å²) in [5.74, 6) is -2.56. The number of hydrogen-bond acceptors (Lipinski definition) is 6. The van der Waals surface area contributed by atoms with Crippen molar-refractivity contribution >= 4 is 29.9 Å². The number of rotatable bonds is 6. The topological polar surface area (TPSA) is 38.2 Å². The summed E-state index contributed by atoms with van der Waals surface area (Å²) in [6, 6.07) is 3.32. The molecule has 4 nitrogen and oxygen atoms in total. The van der Waals surface area contributed by atoms with Crippen molar-refractivity contribution in [1.82, 2.24) is 9.97 Å². The molecule has 0 aliphatic carbocycles. The van der Waals surface area contributed by atoms with Gasteiger partial charge in [-0.25, -0.2) is 23.1 Å². The normalized spacial score (nSPS) is 19.1. The zero-order valence-corrected chi connectivity index (χ0v) is 17.0. The Bertz CT molecular complexity index is 970. The quantitative estimate of drug-likeness (QED) is 0.448. The molecule has 4 rings (SSSR count). The van der Waals surface area contributed by atoms with Crippen LogP contribution in [0.5, 0.6) is 0 Å². The van der Waals surface area contributed by atoms with Crippen molar-refractivity contribution in [3.8, 4) is 11.1 Å². The van der Waals surface area contributed by atoms with E-state index in [0.29, 0.717) is 18.6 Å². The predicted molar refractivity (Wildman–Crippen MR) is 110 cm³/mol. The Labute approximate surface area is 175 Å². The number of aromatic nitrogens is 2. The number of thiophene rings is 1. The van der Waals surface area contributed by atoms with Gasteiger partial charge in [0.15, 0.2) is 11.6 Å². The second-order valence-electron chi connectivity index (χ2n) is 6.85. The zero-order valence-electron chi connectivity index (χ0n) is 15.3. The first kappa shape index (κ1) is 20.2. The van der Waals surface area contributed by atoms with Crippen LogP contribution in [0.4, 0.5) is 19.1 Å². The third kappa shape index (κ3) is 4.57. The van der Waals surface area contributed by atoms with Gasteiger partial charge >= 0.3 is 0 Å². The van der Waals surface area contributed by atoms with Gasteiger partial charge in [0, 0.05) is 41.4 Å². The van der Waals surface area contributed by atoms with Crippen molar-refractivity contribution in [3.05, 3.63) is 64.4 Å². The smallest absolute Gasteiger partial charge is 0.225 e. The fraction of sp³-hybridized carbons (Fsp3) is 0.300. The Balaban J connectivity index is 1.41. The molecule has 9 heteroatoms. The maximum Gasteiger partial charge on any atom is 0.225 e. The number of hydrogen-bond donors (Lipinski definition) is 1. The Morgan fingerprint density at radius 1 is 1.10 bits per heavy atom. The molecule has 1 aliphatic heterocycles. The van der Waals surface area contributed by atoms with E-state index in [9.17, 15) is 13.2 Å². The van der Waals surface area contributed by atoms with Gasteiger partial charge in [-0.3, -0.25) is 0 Å². The van der Waals surface area contributed by atoms with Crippen LogP contribution in [-0.4, -0.2) is 34.4 Å². The molecule has 3 heterocycles. The summed E-state index contributed by atoms with van der Waals surface area (Å²) in [7, 11) is 0. The third-order valence-electron chi connectivity index (χ3n) is 4.80. The first-order valence-electron chi connectivity index (χ1n) is 9.01. The lowest BCUT2D eigenvalue weighted by Gasteiger charge is -2.24. The first-order chi connectivity index (χ1) is 14.0. The average Bonchev–Trinajstić information content (AvgIpc) is 3.36. The van der Waals surface area contributed by atoms with Crippen molar-refractivity contribution in [3.63, 3.8) is 0 Å². The van der Waals surface area contributed by atoms with E-state index in [-0.39, 0.29) is 30.1 Å². The van der Waals surface area contributed by atoms with Gasteiger partial charge in [0.1, 0.15) is 5.82 Å². The van der Waals surface area contributed by atoms with E-state index < -0.39 is 17.5 Å². The first-order valence-corrected chi connectivity index (χ1v) is 10.5. The van der Waals surface area contributed by atoms with Crippen LogP contribution in [0, 0.1) is 17.5 Å². The van der Waals surface area contributed by atoms with Gasteiger partial charge < -0.3 is 9.64 Å². The maximum absolute atomic E-state index is 13.8. The molecular formula is C20H18F3N3OS2. The van der Waals surface area contributed by atoms with E-state index >= 15 is 0 Å². The summed E-state index contributed by atoms with van der Waals surface area (Å²) in [5.41, 5.74) is 1.99. The standard InChI is InChI=1S/C20H18F3N3OS2/c21-17-5-19(23)18(22)3-13(17)9-27-10-15-4-16(28)8-26(15)20-24-6-14(7-25-20)12-1-2-29-11-12/h1-3,5-7,11,15-16,28H,4,8-10H2. The van der Waals surface area contributed by atoms with Crippen LogP contribution in [-0.2, 0) is 11.3 Å². The molecule has 29 heavy (non-hydrogen) atoms. The average molecular weight is 438 g/mol. The minimum atomic E-state index is -1.21. The molecule has 1 saturated heterocycles. The van der Waals surface area contributed by atoms with E-state index in [1.54, 1.807) is 23.7 Å². The van der Waals surface area contributed by atoms with E-state index in [0.717, 1.165) is 23.6 Å². The molecule has 0 radical (unpaired) electrons. The largest absolute Gasteiger partial charge is 0.375 e. The summed E-state index contributed by atoms with van der Waals surface area (Å²) >= 11 is 6.17. The Kier molecular flexibility index (Phi) is 6.07. The van der Waals surface area contributed by atoms with Crippen LogP contribution >= 0.6 is 24.0 Å². The van der Waals surface area contributed by atoms with Crippen LogP contribution in [0.15, 0.2) is 41.4 Å². The highest BCUT2D eigenvalue weighted by Gasteiger charge is 2.32. The molecule has 1 aromatic carbocycles. The molecule has 0 bridgehead atoms. The van der Waals surface area contributed by atoms with Crippen LogP contribution < -0.4 is 4.90 Å². The monoisotopic (exact) mass is 437 g/mol. The molecule has 0 amide bonds. The van der Waals surface area contributed by atoms with Crippen molar-refractivity contribution in [2.45, 2.75) is 24.3 Å². The molecule has 1 aliphatic rings. The predicted octanol–water partition coefficient (Wildman–Crippen LogP) is 4.72. The molecule has 152 valence electrons. The molecule has 0 spiro atoms. The molecular weight excluding hydrogens is 419 g/mol. The van der Waals surface area contributed by atoms with Gasteiger partial charge in [0.2, 0.25) is 5.95 Å². The highest BCUT2D eigenvalue weighted by Crippen LogP contribution is 2.28. The number of benzene rings is 1. The molecule has 1 fully saturated rings. The fourth-order valence-corrected chi connectivity index (χ4v) is 4.41. The highest BCUT2D eigenvalue weighted by molar-refractivity contribution is 7.81.